The van der Waals surface area contributed by atoms with Crippen molar-refractivity contribution in [2.24, 2.45) is 0 Å². The van der Waals surface area contributed by atoms with Crippen LogP contribution in [0, 0.1) is 0 Å². The molecular weight excluding hydrogens is 1970 g/mol. The van der Waals surface area contributed by atoms with Crippen molar-refractivity contribution in [1.82, 2.24) is 63.1 Å². The molecular formula is C129H79N13Se3. The van der Waals surface area contributed by atoms with Crippen LogP contribution in [-0.4, -0.2) is 107 Å². The average molecular weight is 2050 g/mol. The van der Waals surface area contributed by atoms with Crippen LogP contribution in [0.15, 0.2) is 479 Å². The molecule has 0 aliphatic carbocycles. The second kappa shape index (κ2) is 35.8. The van der Waals surface area contributed by atoms with Gasteiger partial charge in [0.05, 0.1) is 0 Å². The van der Waals surface area contributed by atoms with Gasteiger partial charge in [0.15, 0.2) is 11.6 Å². The summed E-state index contributed by atoms with van der Waals surface area (Å²) in [5, 5.41) is 17.5. The number of hydrogen-bond donors (Lipinski definition) is 0. The van der Waals surface area contributed by atoms with Crippen LogP contribution >= 0.6 is 0 Å². The van der Waals surface area contributed by atoms with E-state index in [4.69, 9.17) is 44.9 Å². The minimum atomic E-state index is 0.0836. The first-order chi connectivity index (χ1) is 71.9. The summed E-state index contributed by atoms with van der Waals surface area (Å²) in [4.78, 5) is 46.1. The first kappa shape index (κ1) is 85.2. The fraction of sp³-hybridized carbons (Fsp3) is 0. The van der Waals surface area contributed by atoms with Crippen molar-refractivity contribution in [2.45, 2.75) is 0 Å². The standard InChI is InChI=1S/C45H27N5Se.C45H28N4Se.C39H24N4Se/c1-3-14-28(15-4-1)43-46-44(34-22-13-21-33-32-20-9-12-25-41(32)51-42(33)34)48-45(47-43)50-38-24-11-8-19-31(38)36-26-35-30-18-7-10-23-37(30)49(39(35)27-40(36)50)29-16-5-2-6-17-29;1-3-12-29(13-4-1)43-46-44(30-14-5-2-6-15-30)48-45(47-43)31-22-25-33(26-23-31)49-39-20-9-7-16-35(39)36-27-24-32(28-40(36)49)34-18-11-19-38-37-17-8-10-21-41(37)50-42(34)38;1-3-13-25(14-4-1)27-19-11-20-30-31-21-12-22-32(36(31)44-35(27)30)38-40-37(26-15-5-2-6-16-26)41-39(42-38)43-33-23-9-7-17-28(33)29-18-8-10-24-34(29)43/h1-27H;1-28H;1-24H. The molecule has 10 heterocycles. The molecule has 30 rings (SSSR count). The van der Waals surface area contributed by atoms with E-state index in [1.807, 2.05) is 97.1 Å². The van der Waals surface area contributed by atoms with Crippen LogP contribution in [0.5, 0.6) is 0 Å². The third kappa shape index (κ3) is 14.8. The molecule has 30 aromatic rings. The average Bonchev–Trinajstić information content (AvgIpc) is 1.55. The van der Waals surface area contributed by atoms with Gasteiger partial charge in [-0.05, 0) is 0 Å². The van der Waals surface area contributed by atoms with Gasteiger partial charge < -0.3 is 0 Å². The smallest absolute Gasteiger partial charge is 0.0615 e. The number of nitrogens with zero attached hydrogens (tertiary/aromatic N) is 13. The normalized spacial score (nSPS) is 11.7. The van der Waals surface area contributed by atoms with E-state index in [2.05, 4.69) is 400 Å². The minimum Gasteiger partial charge on any atom is -0.0615 e. The van der Waals surface area contributed by atoms with E-state index >= 15 is 0 Å². The van der Waals surface area contributed by atoms with Crippen LogP contribution in [-0.2, 0) is 0 Å². The van der Waals surface area contributed by atoms with Crippen molar-refractivity contribution in [1.29, 1.82) is 0 Å². The van der Waals surface area contributed by atoms with Gasteiger partial charge in [-0.1, -0.05) is 91.0 Å². The summed E-state index contributed by atoms with van der Waals surface area (Å²) in [6, 6.07) is 169. The van der Waals surface area contributed by atoms with E-state index in [1.54, 1.807) is 0 Å². The van der Waals surface area contributed by atoms with E-state index < -0.39 is 0 Å². The van der Waals surface area contributed by atoms with Crippen LogP contribution in [0.2, 0.25) is 0 Å². The predicted octanol–water partition coefficient (Wildman–Crippen LogP) is 31.1. The summed E-state index contributed by atoms with van der Waals surface area (Å²) in [5.74, 6) is 5.90. The van der Waals surface area contributed by atoms with Crippen LogP contribution < -0.4 is 0 Å². The SMILES string of the molecule is c1ccc(-c2nc(-c3cccc4c3[se]c3c(-c5ccccc5)cccc34)nc(-n3c4ccccc4c4ccccc43)n2)cc1.c1ccc(-c2nc(-c3cccc4c3[se]c3ccccc34)nc(-n3c4ccccc4c4cc5c6ccccc6n(-c6ccccc6)c5cc43)n2)cc1.c1ccc(-c2nc(-c3ccccc3)nc(-c3ccc(-n4c5ccccc5c5ccc(-c6cccc7c6[se]c6ccccc67)cc54)cc3)n2)cc1. The Morgan fingerprint density at radius 2 is 0.400 bits per heavy atom. The first-order valence-corrected chi connectivity index (χ1v) is 53.5. The Morgan fingerprint density at radius 3 is 0.834 bits per heavy atom. The zero-order chi connectivity index (χ0) is 95.5. The summed E-state index contributed by atoms with van der Waals surface area (Å²) in [6.45, 7) is 0. The van der Waals surface area contributed by atoms with Crippen molar-refractivity contribution in [2.75, 3.05) is 0 Å². The Hall–Kier alpha value is -17.8. The summed E-state index contributed by atoms with van der Waals surface area (Å²) in [5.41, 5.74) is 23.2. The van der Waals surface area contributed by atoms with Gasteiger partial charge >= 0.3 is 737 Å². The van der Waals surface area contributed by atoms with E-state index in [-0.39, 0.29) is 43.5 Å². The number of aromatic nitrogens is 13. The summed E-state index contributed by atoms with van der Waals surface area (Å²) in [7, 11) is 0. The topological polar surface area (TPSA) is 136 Å². The Morgan fingerprint density at radius 1 is 0.138 bits per heavy atom. The number of hydrogen-bond acceptors (Lipinski definition) is 9. The molecule has 13 nitrogen and oxygen atoms in total. The summed E-state index contributed by atoms with van der Waals surface area (Å²) >= 11 is 0.502. The van der Waals surface area contributed by atoms with Gasteiger partial charge in [-0.2, -0.15) is 0 Å². The van der Waals surface area contributed by atoms with E-state index in [1.165, 1.54) is 129 Å². The van der Waals surface area contributed by atoms with Crippen molar-refractivity contribution < 1.29 is 0 Å². The molecule has 0 unspecified atom stereocenters. The summed E-state index contributed by atoms with van der Waals surface area (Å²) in [6.07, 6.45) is 0. The Balaban J connectivity index is 0.000000106. The Bertz CT molecular complexity index is 10200. The third-order valence-corrected chi connectivity index (χ3v) is 35.6. The Kier molecular flexibility index (Phi) is 21.0. The molecule has 0 bridgehead atoms. The molecule has 0 aliphatic rings. The van der Waals surface area contributed by atoms with Gasteiger partial charge in [0.1, 0.15) is 0 Å². The zero-order valence-corrected chi connectivity index (χ0v) is 82.8. The van der Waals surface area contributed by atoms with Crippen LogP contribution in [0.25, 0.3) is 270 Å². The molecule has 0 saturated heterocycles. The van der Waals surface area contributed by atoms with Gasteiger partial charge in [0.2, 0.25) is 0 Å². The van der Waals surface area contributed by atoms with Crippen molar-refractivity contribution in [3.8, 4) is 125 Å². The van der Waals surface area contributed by atoms with Crippen LogP contribution in [0.4, 0.5) is 0 Å². The fourth-order valence-corrected chi connectivity index (χ4v) is 29.1. The van der Waals surface area contributed by atoms with Crippen molar-refractivity contribution in [3.63, 3.8) is 0 Å². The van der Waals surface area contributed by atoms with E-state index in [0.717, 1.165) is 88.7 Å². The minimum absolute atomic E-state index is 0.0836. The molecule has 0 N–H and O–H groups in total. The van der Waals surface area contributed by atoms with Gasteiger partial charge in [-0.3, -0.25) is 0 Å². The molecule has 0 fully saturated rings. The maximum atomic E-state index is 5.36. The molecule has 0 radical (unpaired) electrons. The molecule has 0 amide bonds. The number of benzene rings is 20. The molecule has 20 aromatic carbocycles. The fourth-order valence-electron chi connectivity index (χ4n) is 21.1. The second-order valence-electron chi connectivity index (χ2n) is 36.2. The monoisotopic (exact) mass is 2050 g/mol. The quantitative estimate of drug-likeness (QED) is 0.103. The second-order valence-corrected chi connectivity index (χ2v) is 42.7. The van der Waals surface area contributed by atoms with Gasteiger partial charge in [-0.25, -0.2) is 4.98 Å². The Labute approximate surface area is 849 Å². The molecule has 0 aliphatic heterocycles. The molecule has 678 valence electrons. The number of para-hydroxylation sites is 6. The van der Waals surface area contributed by atoms with Crippen LogP contribution in [0.1, 0.15) is 0 Å². The molecule has 145 heavy (non-hydrogen) atoms. The van der Waals surface area contributed by atoms with Crippen molar-refractivity contribution in [3.05, 3.63) is 479 Å². The predicted molar refractivity (Wildman–Crippen MR) is 602 cm³/mol. The summed E-state index contributed by atoms with van der Waals surface area (Å²) < 4.78 is 17.5. The molecule has 0 saturated carbocycles. The van der Waals surface area contributed by atoms with Crippen molar-refractivity contribution >= 4 is 189 Å². The van der Waals surface area contributed by atoms with Gasteiger partial charge in [0.25, 0.3) is 0 Å². The molecule has 0 spiro atoms. The zero-order valence-electron chi connectivity index (χ0n) is 77.6. The third-order valence-electron chi connectivity index (χ3n) is 27.7. The van der Waals surface area contributed by atoms with Crippen LogP contribution in [0.3, 0.4) is 0 Å². The number of fused-ring (bicyclic) bond motifs is 21. The first-order valence-electron chi connectivity index (χ1n) is 48.4. The van der Waals surface area contributed by atoms with Gasteiger partial charge in [0, 0.05) is 11.1 Å². The molecule has 10 aromatic heterocycles. The number of rotatable bonds is 13. The maximum absolute atomic E-state index is 5.36. The van der Waals surface area contributed by atoms with E-state index in [9.17, 15) is 0 Å². The van der Waals surface area contributed by atoms with Gasteiger partial charge in [-0.15, -0.1) is 0 Å². The van der Waals surface area contributed by atoms with E-state index in [0.29, 0.717) is 52.7 Å². The molecule has 16 heteroatoms. The molecule has 0 atom stereocenters.